The first kappa shape index (κ1) is 15.2. The molecule has 0 saturated carbocycles. The van der Waals surface area contributed by atoms with Gasteiger partial charge in [-0.05, 0) is 24.3 Å². The Morgan fingerprint density at radius 2 is 2.00 bits per heavy atom. The van der Waals surface area contributed by atoms with Gasteiger partial charge in [-0.1, -0.05) is 23.2 Å². The fourth-order valence-corrected chi connectivity index (χ4v) is 2.53. The molecule has 20 heavy (non-hydrogen) atoms. The van der Waals surface area contributed by atoms with Crippen molar-refractivity contribution in [1.29, 1.82) is 0 Å². The molecule has 0 radical (unpaired) electrons. The molecule has 0 aliphatic rings. The average molecular weight is 333 g/mol. The van der Waals surface area contributed by atoms with Crippen LogP contribution in [0.15, 0.2) is 30.5 Å². The van der Waals surface area contributed by atoms with Gasteiger partial charge in [-0.3, -0.25) is 0 Å². The van der Waals surface area contributed by atoms with Gasteiger partial charge in [0.1, 0.15) is 12.4 Å². The highest BCUT2D eigenvalue weighted by Gasteiger charge is 2.12. The van der Waals surface area contributed by atoms with Gasteiger partial charge in [0.25, 0.3) is 0 Å². The fourth-order valence-electron chi connectivity index (χ4n) is 1.74. The second kappa shape index (κ2) is 7.02. The summed E-state index contributed by atoms with van der Waals surface area (Å²) in [4.78, 5) is 4.11. The van der Waals surface area contributed by atoms with Crippen LogP contribution in [0.2, 0.25) is 10.0 Å². The number of hydrogen-bond acceptors (Lipinski definition) is 3. The molecule has 0 unspecified atom stereocenters. The number of nitrogens with zero attached hydrogens (tertiary/aromatic N) is 1. The molecule has 1 heterocycles. The number of aromatic nitrogens is 1. The van der Waals surface area contributed by atoms with Crippen molar-refractivity contribution in [2.75, 3.05) is 7.11 Å². The summed E-state index contributed by atoms with van der Waals surface area (Å²) in [7, 11) is 1.56. The summed E-state index contributed by atoms with van der Waals surface area (Å²) in [5, 5.41) is 0.952. The van der Waals surface area contributed by atoms with Crippen molar-refractivity contribution in [3.05, 3.63) is 51.6 Å². The second-order valence-electron chi connectivity index (χ2n) is 3.97. The van der Waals surface area contributed by atoms with E-state index >= 15 is 0 Å². The minimum Gasteiger partial charge on any atom is -0.487 e. The molecular formula is C14H12Cl3NO2. The van der Waals surface area contributed by atoms with E-state index in [1.54, 1.807) is 25.4 Å². The number of alkyl halides is 1. The first-order valence-corrected chi connectivity index (χ1v) is 7.09. The van der Waals surface area contributed by atoms with Crippen LogP contribution in [0.4, 0.5) is 0 Å². The van der Waals surface area contributed by atoms with Gasteiger partial charge < -0.3 is 9.47 Å². The maximum atomic E-state index is 6.14. The van der Waals surface area contributed by atoms with Crippen LogP contribution in [0.1, 0.15) is 11.1 Å². The predicted molar refractivity (Wildman–Crippen MR) is 81.1 cm³/mol. The molecule has 0 spiro atoms. The topological polar surface area (TPSA) is 31.4 Å². The van der Waals surface area contributed by atoms with Gasteiger partial charge >= 0.3 is 0 Å². The SMILES string of the molecule is COc1ncccc1COc1c(Cl)cc(Cl)cc1CCl. The Morgan fingerprint density at radius 1 is 1.20 bits per heavy atom. The molecule has 2 aromatic rings. The molecule has 0 N–H and O–H groups in total. The van der Waals surface area contributed by atoms with Crippen LogP contribution in [0.5, 0.6) is 11.6 Å². The van der Waals surface area contributed by atoms with E-state index in [0.29, 0.717) is 21.7 Å². The summed E-state index contributed by atoms with van der Waals surface area (Å²) in [5.74, 6) is 1.31. The van der Waals surface area contributed by atoms with Crippen molar-refractivity contribution in [2.24, 2.45) is 0 Å². The van der Waals surface area contributed by atoms with Crippen LogP contribution >= 0.6 is 34.8 Å². The number of halogens is 3. The Labute approximate surface area is 132 Å². The number of ether oxygens (including phenoxy) is 2. The zero-order chi connectivity index (χ0) is 14.5. The predicted octanol–water partition coefficient (Wildman–Crippen LogP) is 4.71. The zero-order valence-corrected chi connectivity index (χ0v) is 13.0. The lowest BCUT2D eigenvalue weighted by Gasteiger charge is -2.13. The van der Waals surface area contributed by atoms with Crippen molar-refractivity contribution in [2.45, 2.75) is 12.5 Å². The van der Waals surface area contributed by atoms with E-state index in [4.69, 9.17) is 44.3 Å². The van der Waals surface area contributed by atoms with Crippen LogP contribution in [0.25, 0.3) is 0 Å². The van der Waals surface area contributed by atoms with E-state index in [9.17, 15) is 0 Å². The highest BCUT2D eigenvalue weighted by molar-refractivity contribution is 6.36. The normalized spacial score (nSPS) is 10.4. The van der Waals surface area contributed by atoms with E-state index < -0.39 is 0 Å². The summed E-state index contributed by atoms with van der Waals surface area (Å²) in [6.07, 6.45) is 1.65. The minimum absolute atomic E-state index is 0.264. The average Bonchev–Trinajstić information content (AvgIpc) is 2.45. The van der Waals surface area contributed by atoms with Crippen LogP contribution in [-0.4, -0.2) is 12.1 Å². The van der Waals surface area contributed by atoms with Gasteiger partial charge in [-0.15, -0.1) is 11.6 Å². The number of pyridine rings is 1. The lowest BCUT2D eigenvalue weighted by atomic mass is 10.2. The van der Waals surface area contributed by atoms with E-state index in [1.807, 2.05) is 12.1 Å². The van der Waals surface area contributed by atoms with Crippen molar-refractivity contribution < 1.29 is 9.47 Å². The monoisotopic (exact) mass is 331 g/mol. The first-order valence-electron chi connectivity index (χ1n) is 5.80. The molecule has 106 valence electrons. The van der Waals surface area contributed by atoms with E-state index in [-0.39, 0.29) is 12.5 Å². The molecule has 1 aromatic carbocycles. The molecule has 6 heteroatoms. The Balaban J connectivity index is 2.23. The largest absolute Gasteiger partial charge is 0.487 e. The third-order valence-corrected chi connectivity index (χ3v) is 3.43. The lowest BCUT2D eigenvalue weighted by molar-refractivity contribution is 0.292. The number of hydrogen-bond donors (Lipinski definition) is 0. The Hall–Kier alpha value is -1.16. The molecule has 0 atom stereocenters. The zero-order valence-electron chi connectivity index (χ0n) is 10.7. The van der Waals surface area contributed by atoms with Crippen LogP contribution < -0.4 is 9.47 Å². The number of benzene rings is 1. The smallest absolute Gasteiger partial charge is 0.219 e. The second-order valence-corrected chi connectivity index (χ2v) is 5.08. The minimum atomic E-state index is 0.264. The quantitative estimate of drug-likeness (QED) is 0.743. The van der Waals surface area contributed by atoms with Crippen molar-refractivity contribution in [3.63, 3.8) is 0 Å². The van der Waals surface area contributed by atoms with Gasteiger partial charge in [0.05, 0.1) is 23.6 Å². The summed E-state index contributed by atoms with van der Waals surface area (Å²) < 4.78 is 10.9. The highest BCUT2D eigenvalue weighted by Crippen LogP contribution is 2.34. The van der Waals surface area contributed by atoms with E-state index in [1.165, 1.54) is 0 Å². The molecule has 0 aliphatic heterocycles. The lowest BCUT2D eigenvalue weighted by Crippen LogP contribution is -2.02. The molecule has 0 saturated heterocycles. The maximum Gasteiger partial charge on any atom is 0.219 e. The molecule has 3 nitrogen and oxygen atoms in total. The van der Waals surface area contributed by atoms with E-state index in [0.717, 1.165) is 11.1 Å². The van der Waals surface area contributed by atoms with Crippen LogP contribution in [0.3, 0.4) is 0 Å². The maximum absolute atomic E-state index is 6.14. The summed E-state index contributed by atoms with van der Waals surface area (Å²) in [6, 6.07) is 7.04. The van der Waals surface area contributed by atoms with Gasteiger partial charge in [0, 0.05) is 16.8 Å². The molecule has 0 fully saturated rings. The van der Waals surface area contributed by atoms with Crippen molar-refractivity contribution in [3.8, 4) is 11.6 Å². The van der Waals surface area contributed by atoms with Gasteiger partial charge in [-0.25, -0.2) is 4.98 Å². The molecule has 0 amide bonds. The van der Waals surface area contributed by atoms with Gasteiger partial charge in [-0.2, -0.15) is 0 Å². The third-order valence-electron chi connectivity index (χ3n) is 2.64. The summed E-state index contributed by atoms with van der Waals surface area (Å²) in [6.45, 7) is 0.280. The Bertz CT molecular complexity index is 605. The van der Waals surface area contributed by atoms with Crippen molar-refractivity contribution >= 4 is 34.8 Å². The number of rotatable bonds is 5. The molecule has 2 rings (SSSR count). The standard InChI is InChI=1S/C14H12Cl3NO2/c1-19-14-9(3-2-4-18-14)8-20-13-10(7-15)5-11(16)6-12(13)17/h2-6H,7-8H2,1H3. The summed E-state index contributed by atoms with van der Waals surface area (Å²) in [5.41, 5.74) is 1.56. The Morgan fingerprint density at radius 3 is 2.70 bits per heavy atom. The molecular weight excluding hydrogens is 321 g/mol. The highest BCUT2D eigenvalue weighted by atomic mass is 35.5. The number of methoxy groups -OCH3 is 1. The molecule has 0 bridgehead atoms. The fraction of sp³-hybridized carbons (Fsp3) is 0.214. The molecule has 1 aromatic heterocycles. The van der Waals surface area contributed by atoms with Crippen LogP contribution in [0, 0.1) is 0 Å². The van der Waals surface area contributed by atoms with E-state index in [2.05, 4.69) is 4.98 Å². The van der Waals surface area contributed by atoms with Gasteiger partial charge in [0.15, 0.2) is 0 Å². The van der Waals surface area contributed by atoms with Crippen LogP contribution in [-0.2, 0) is 12.5 Å². The Kier molecular flexibility index (Phi) is 5.35. The van der Waals surface area contributed by atoms with Crippen molar-refractivity contribution in [1.82, 2.24) is 4.98 Å². The molecule has 0 aliphatic carbocycles. The first-order chi connectivity index (χ1) is 9.65. The van der Waals surface area contributed by atoms with Gasteiger partial charge in [0.2, 0.25) is 5.88 Å². The third kappa shape index (κ3) is 3.48. The summed E-state index contributed by atoms with van der Waals surface area (Å²) >= 11 is 18.0.